The molecule has 0 fully saturated rings. The molecule has 0 saturated heterocycles. The van der Waals surface area contributed by atoms with E-state index in [-0.39, 0.29) is 6.61 Å². The summed E-state index contributed by atoms with van der Waals surface area (Å²) < 4.78 is 0.881. The summed E-state index contributed by atoms with van der Waals surface area (Å²) in [5.41, 5.74) is 0.826. The molecule has 1 atom stereocenters. The van der Waals surface area contributed by atoms with Crippen LogP contribution in [0.5, 0.6) is 0 Å². The molecule has 0 heterocycles. The van der Waals surface area contributed by atoms with Gasteiger partial charge in [-0.05, 0) is 11.6 Å². The molecule has 1 rings (SSSR count). The first kappa shape index (κ1) is 9.71. The van der Waals surface area contributed by atoms with Gasteiger partial charge in [-0.3, -0.25) is 0 Å². The summed E-state index contributed by atoms with van der Waals surface area (Å²) in [5.74, 6) is 0. The van der Waals surface area contributed by atoms with Gasteiger partial charge in [0, 0.05) is 17.5 Å². The smallest absolute Gasteiger partial charge is 0.0822 e. The van der Waals surface area contributed by atoms with Crippen molar-refractivity contribution in [3.05, 3.63) is 34.3 Å². The summed E-state index contributed by atoms with van der Waals surface area (Å²) in [6.45, 7) is 0.00248. The van der Waals surface area contributed by atoms with E-state index in [1.54, 1.807) is 0 Å². The number of halogens is 1. The minimum Gasteiger partial charge on any atom is -0.396 e. The number of benzene rings is 1. The summed E-state index contributed by atoms with van der Waals surface area (Å²) in [7, 11) is 0. The molecule has 0 amide bonds. The lowest BCUT2D eigenvalue weighted by Gasteiger charge is -2.10. The Bertz CT molecular complexity index is 250. The minimum absolute atomic E-state index is 0.00248. The van der Waals surface area contributed by atoms with Crippen LogP contribution in [0.4, 0.5) is 0 Å². The Labute approximate surface area is 80.0 Å². The maximum atomic E-state index is 9.51. The number of rotatable bonds is 3. The van der Waals surface area contributed by atoms with Gasteiger partial charge in [0.25, 0.3) is 0 Å². The van der Waals surface area contributed by atoms with Crippen molar-refractivity contribution in [1.82, 2.24) is 0 Å². The van der Waals surface area contributed by atoms with Crippen molar-refractivity contribution >= 4 is 15.9 Å². The van der Waals surface area contributed by atoms with Crippen LogP contribution >= 0.6 is 15.9 Å². The fourth-order valence-corrected chi connectivity index (χ4v) is 1.57. The van der Waals surface area contributed by atoms with E-state index in [2.05, 4.69) is 15.9 Å². The number of aliphatic hydroxyl groups is 2. The van der Waals surface area contributed by atoms with Gasteiger partial charge < -0.3 is 10.2 Å². The summed E-state index contributed by atoms with van der Waals surface area (Å²) >= 11 is 3.33. The maximum absolute atomic E-state index is 9.51. The van der Waals surface area contributed by atoms with Crippen LogP contribution in [-0.4, -0.2) is 16.8 Å². The quantitative estimate of drug-likeness (QED) is 0.833. The Balaban J connectivity index is 2.79. The minimum atomic E-state index is -0.578. The lowest BCUT2D eigenvalue weighted by atomic mass is 10.1. The Morgan fingerprint density at radius 3 is 2.58 bits per heavy atom. The number of hydrogen-bond acceptors (Lipinski definition) is 2. The molecule has 3 heteroatoms. The normalized spacial score (nSPS) is 12.9. The van der Waals surface area contributed by atoms with Gasteiger partial charge in [-0.25, -0.2) is 0 Å². The van der Waals surface area contributed by atoms with E-state index >= 15 is 0 Å². The molecule has 66 valence electrons. The second kappa shape index (κ2) is 4.60. The van der Waals surface area contributed by atoms with Crippen molar-refractivity contribution < 1.29 is 10.2 Å². The van der Waals surface area contributed by atoms with Crippen LogP contribution in [0, 0.1) is 0 Å². The third-order valence-electron chi connectivity index (χ3n) is 1.67. The molecule has 0 bridgehead atoms. The highest BCUT2D eigenvalue weighted by molar-refractivity contribution is 9.10. The molecule has 0 aliphatic heterocycles. The fourth-order valence-electron chi connectivity index (χ4n) is 1.02. The number of hydrogen-bond donors (Lipinski definition) is 2. The van der Waals surface area contributed by atoms with Crippen molar-refractivity contribution in [1.29, 1.82) is 0 Å². The highest BCUT2D eigenvalue weighted by Crippen LogP contribution is 2.24. The zero-order chi connectivity index (χ0) is 8.97. The molecular weight excluding hydrogens is 220 g/mol. The second-order valence-electron chi connectivity index (χ2n) is 2.55. The fraction of sp³-hybridized carbons (Fsp3) is 0.333. The molecule has 0 radical (unpaired) electrons. The highest BCUT2D eigenvalue weighted by atomic mass is 79.9. The number of aliphatic hydroxyl groups excluding tert-OH is 2. The van der Waals surface area contributed by atoms with Crippen LogP contribution in [0.15, 0.2) is 28.7 Å². The second-order valence-corrected chi connectivity index (χ2v) is 3.40. The van der Waals surface area contributed by atoms with Crippen LogP contribution < -0.4 is 0 Å². The first-order valence-electron chi connectivity index (χ1n) is 3.79. The Morgan fingerprint density at radius 1 is 1.33 bits per heavy atom. The topological polar surface area (TPSA) is 40.5 Å². The summed E-state index contributed by atoms with van der Waals surface area (Å²) in [6, 6.07) is 7.46. The van der Waals surface area contributed by atoms with E-state index in [0.717, 1.165) is 10.0 Å². The SMILES string of the molecule is OCCC(O)c1ccccc1Br. The summed E-state index contributed by atoms with van der Waals surface area (Å²) in [6.07, 6.45) is -0.201. The molecule has 0 aliphatic carbocycles. The van der Waals surface area contributed by atoms with Crippen LogP contribution in [0.2, 0.25) is 0 Å². The Hall–Kier alpha value is -0.380. The lowest BCUT2D eigenvalue weighted by Crippen LogP contribution is -2.00. The van der Waals surface area contributed by atoms with Crippen molar-refractivity contribution in [3.63, 3.8) is 0 Å². The zero-order valence-corrected chi connectivity index (χ0v) is 8.16. The van der Waals surface area contributed by atoms with Crippen molar-refractivity contribution in [2.24, 2.45) is 0 Å². The van der Waals surface area contributed by atoms with Gasteiger partial charge in [0.15, 0.2) is 0 Å². The molecule has 12 heavy (non-hydrogen) atoms. The average Bonchev–Trinajstić information content (AvgIpc) is 2.05. The van der Waals surface area contributed by atoms with E-state index in [4.69, 9.17) is 5.11 Å². The van der Waals surface area contributed by atoms with Gasteiger partial charge in [-0.2, -0.15) is 0 Å². The van der Waals surface area contributed by atoms with Crippen LogP contribution in [-0.2, 0) is 0 Å². The third-order valence-corrected chi connectivity index (χ3v) is 2.39. The van der Waals surface area contributed by atoms with E-state index < -0.39 is 6.10 Å². The van der Waals surface area contributed by atoms with Gasteiger partial charge in [0.1, 0.15) is 0 Å². The van der Waals surface area contributed by atoms with Gasteiger partial charge in [0.2, 0.25) is 0 Å². The Morgan fingerprint density at radius 2 is 2.00 bits per heavy atom. The first-order chi connectivity index (χ1) is 5.75. The standard InChI is InChI=1S/C9H11BrO2/c10-8-4-2-1-3-7(8)9(12)5-6-11/h1-4,9,11-12H,5-6H2. The van der Waals surface area contributed by atoms with Gasteiger partial charge in [-0.1, -0.05) is 34.1 Å². The molecule has 2 N–H and O–H groups in total. The molecule has 1 aromatic rings. The molecule has 0 aliphatic rings. The van der Waals surface area contributed by atoms with Gasteiger partial charge in [-0.15, -0.1) is 0 Å². The van der Waals surface area contributed by atoms with Gasteiger partial charge >= 0.3 is 0 Å². The molecule has 0 spiro atoms. The molecule has 1 unspecified atom stereocenters. The lowest BCUT2D eigenvalue weighted by molar-refractivity contribution is 0.134. The van der Waals surface area contributed by atoms with Crippen LogP contribution in [0.25, 0.3) is 0 Å². The molecule has 1 aromatic carbocycles. The van der Waals surface area contributed by atoms with E-state index in [9.17, 15) is 5.11 Å². The Kier molecular flexibility index (Phi) is 3.72. The van der Waals surface area contributed by atoms with Crippen molar-refractivity contribution in [2.75, 3.05) is 6.61 Å². The van der Waals surface area contributed by atoms with Crippen molar-refractivity contribution in [3.8, 4) is 0 Å². The maximum Gasteiger partial charge on any atom is 0.0822 e. The largest absolute Gasteiger partial charge is 0.396 e. The molecule has 0 saturated carbocycles. The summed E-state index contributed by atoms with van der Waals surface area (Å²) in [5, 5.41) is 18.1. The molecular formula is C9H11BrO2. The summed E-state index contributed by atoms with van der Waals surface area (Å²) in [4.78, 5) is 0. The first-order valence-corrected chi connectivity index (χ1v) is 4.58. The molecule has 2 nitrogen and oxygen atoms in total. The zero-order valence-electron chi connectivity index (χ0n) is 6.57. The average molecular weight is 231 g/mol. The predicted molar refractivity (Wildman–Crippen MR) is 50.8 cm³/mol. The van der Waals surface area contributed by atoms with Crippen LogP contribution in [0.1, 0.15) is 18.1 Å². The monoisotopic (exact) mass is 230 g/mol. The van der Waals surface area contributed by atoms with E-state index in [0.29, 0.717) is 6.42 Å². The predicted octanol–water partition coefficient (Wildman–Crippen LogP) is 1.86. The van der Waals surface area contributed by atoms with Crippen LogP contribution in [0.3, 0.4) is 0 Å². The van der Waals surface area contributed by atoms with Gasteiger partial charge in [0.05, 0.1) is 6.10 Å². The van der Waals surface area contributed by atoms with Crippen molar-refractivity contribution in [2.45, 2.75) is 12.5 Å². The van der Waals surface area contributed by atoms with E-state index in [1.807, 2.05) is 24.3 Å². The highest BCUT2D eigenvalue weighted by Gasteiger charge is 2.08. The third kappa shape index (κ3) is 2.30. The van der Waals surface area contributed by atoms with E-state index in [1.165, 1.54) is 0 Å². The molecule has 0 aromatic heterocycles.